The van der Waals surface area contributed by atoms with Crippen LogP contribution in [0.25, 0.3) is 0 Å². The number of ether oxygens (including phenoxy) is 2. The van der Waals surface area contributed by atoms with Crippen LogP contribution < -0.4 is 20.1 Å². The molecule has 0 aromatic heterocycles. The van der Waals surface area contributed by atoms with Gasteiger partial charge in [0.25, 0.3) is 5.91 Å². The van der Waals surface area contributed by atoms with E-state index in [0.29, 0.717) is 22.7 Å². The molecule has 4 amide bonds. The summed E-state index contributed by atoms with van der Waals surface area (Å²) in [5.74, 6) is -0.682. The first-order valence-corrected chi connectivity index (χ1v) is 9.26. The molecule has 1 aliphatic heterocycles. The number of carbonyl (C=O) groups is 3. The first-order chi connectivity index (χ1) is 14.3. The second-order valence-electron chi connectivity index (χ2n) is 6.70. The summed E-state index contributed by atoms with van der Waals surface area (Å²) in [7, 11) is 2.95. The van der Waals surface area contributed by atoms with Crippen molar-refractivity contribution in [1.29, 1.82) is 0 Å². The minimum atomic E-state index is -1.34. The summed E-state index contributed by atoms with van der Waals surface area (Å²) in [5, 5.41) is 5.28. The van der Waals surface area contributed by atoms with E-state index in [0.717, 1.165) is 4.90 Å². The first-order valence-electron chi connectivity index (χ1n) is 9.26. The van der Waals surface area contributed by atoms with Gasteiger partial charge in [-0.05, 0) is 36.2 Å². The normalized spacial score (nSPS) is 18.2. The molecular formula is C21H22FN3O5. The third-order valence-corrected chi connectivity index (χ3v) is 5.03. The lowest BCUT2D eigenvalue weighted by molar-refractivity contribution is -0.134. The maximum atomic E-state index is 13.3. The highest BCUT2D eigenvalue weighted by atomic mass is 19.1. The quantitative estimate of drug-likeness (QED) is 0.678. The number of amides is 4. The molecular weight excluding hydrogens is 393 g/mol. The molecule has 8 nitrogen and oxygen atoms in total. The molecule has 2 aromatic rings. The van der Waals surface area contributed by atoms with Crippen LogP contribution in [0.2, 0.25) is 0 Å². The molecule has 0 aliphatic carbocycles. The van der Waals surface area contributed by atoms with Crippen molar-refractivity contribution in [2.45, 2.75) is 18.9 Å². The zero-order chi connectivity index (χ0) is 21.9. The molecule has 0 bridgehead atoms. The van der Waals surface area contributed by atoms with E-state index in [1.807, 2.05) is 0 Å². The van der Waals surface area contributed by atoms with Gasteiger partial charge in [-0.3, -0.25) is 14.5 Å². The van der Waals surface area contributed by atoms with Crippen LogP contribution in [-0.4, -0.2) is 43.5 Å². The molecule has 0 unspecified atom stereocenters. The average molecular weight is 415 g/mol. The lowest BCUT2D eigenvalue weighted by Gasteiger charge is -2.25. The Morgan fingerprint density at radius 3 is 2.43 bits per heavy atom. The van der Waals surface area contributed by atoms with Crippen LogP contribution in [0.4, 0.5) is 14.9 Å². The van der Waals surface area contributed by atoms with Crippen molar-refractivity contribution in [3.05, 3.63) is 53.8 Å². The summed E-state index contributed by atoms with van der Waals surface area (Å²) in [6.07, 6.45) is 0.244. The van der Waals surface area contributed by atoms with Gasteiger partial charge in [0.1, 0.15) is 29.4 Å². The fourth-order valence-corrected chi connectivity index (χ4v) is 3.38. The highest BCUT2D eigenvalue weighted by molar-refractivity contribution is 6.10. The molecule has 30 heavy (non-hydrogen) atoms. The third-order valence-electron chi connectivity index (χ3n) is 5.03. The Labute approximate surface area is 173 Å². The van der Waals surface area contributed by atoms with E-state index in [1.165, 1.54) is 38.5 Å². The Morgan fingerprint density at radius 2 is 1.83 bits per heavy atom. The molecule has 1 saturated heterocycles. The Bertz CT molecular complexity index is 979. The van der Waals surface area contributed by atoms with Crippen molar-refractivity contribution < 1.29 is 28.2 Å². The predicted octanol–water partition coefficient (Wildman–Crippen LogP) is 2.64. The molecule has 1 fully saturated rings. The number of anilines is 1. The SMILES string of the molecule is CC[C@@]1(c2ccc(F)cc2)NC(=O)N(CC(=O)Nc2ccc(OC)cc2OC)C1=O. The van der Waals surface area contributed by atoms with Crippen LogP contribution in [0.5, 0.6) is 11.5 Å². The Morgan fingerprint density at radius 1 is 1.13 bits per heavy atom. The Kier molecular flexibility index (Phi) is 5.91. The van der Waals surface area contributed by atoms with Gasteiger partial charge < -0.3 is 20.1 Å². The van der Waals surface area contributed by atoms with E-state index in [-0.39, 0.29) is 6.42 Å². The van der Waals surface area contributed by atoms with Crippen LogP contribution in [0.3, 0.4) is 0 Å². The van der Waals surface area contributed by atoms with Crippen LogP contribution in [0, 0.1) is 5.82 Å². The van der Waals surface area contributed by atoms with Gasteiger partial charge in [0.2, 0.25) is 5.91 Å². The Balaban J connectivity index is 1.78. The highest BCUT2D eigenvalue weighted by Crippen LogP contribution is 2.33. The highest BCUT2D eigenvalue weighted by Gasteiger charge is 2.51. The summed E-state index contributed by atoms with van der Waals surface area (Å²) in [6.45, 7) is 1.25. The minimum Gasteiger partial charge on any atom is -0.497 e. The van der Waals surface area contributed by atoms with E-state index in [4.69, 9.17) is 9.47 Å². The van der Waals surface area contributed by atoms with E-state index >= 15 is 0 Å². The molecule has 3 rings (SSSR count). The zero-order valence-electron chi connectivity index (χ0n) is 16.8. The average Bonchev–Trinajstić information content (AvgIpc) is 2.99. The summed E-state index contributed by atoms with van der Waals surface area (Å²) >= 11 is 0. The topological polar surface area (TPSA) is 97.0 Å². The van der Waals surface area contributed by atoms with Crippen molar-refractivity contribution in [2.24, 2.45) is 0 Å². The molecule has 2 aromatic carbocycles. The van der Waals surface area contributed by atoms with Crippen LogP contribution in [0.1, 0.15) is 18.9 Å². The molecule has 0 radical (unpaired) electrons. The molecule has 158 valence electrons. The molecule has 9 heteroatoms. The van der Waals surface area contributed by atoms with Gasteiger partial charge in [0.15, 0.2) is 0 Å². The standard InChI is InChI=1S/C21H22FN3O5/c1-4-21(13-5-7-14(22)8-6-13)19(27)25(20(28)24-21)12-18(26)23-16-10-9-15(29-2)11-17(16)30-3/h5-11H,4,12H2,1-3H3,(H,23,26)(H,24,28)/t21-/m0/s1. The number of nitrogens with zero attached hydrogens (tertiary/aromatic N) is 1. The summed E-state index contributed by atoms with van der Waals surface area (Å²) in [4.78, 5) is 39.0. The van der Waals surface area contributed by atoms with Gasteiger partial charge in [-0.2, -0.15) is 0 Å². The van der Waals surface area contributed by atoms with Gasteiger partial charge >= 0.3 is 6.03 Å². The van der Waals surface area contributed by atoms with Gasteiger partial charge in [-0.15, -0.1) is 0 Å². The minimum absolute atomic E-state index is 0.244. The second-order valence-corrected chi connectivity index (χ2v) is 6.70. The number of imide groups is 1. The van der Waals surface area contributed by atoms with Gasteiger partial charge in [-0.1, -0.05) is 19.1 Å². The van der Waals surface area contributed by atoms with Crippen molar-refractivity contribution in [3.8, 4) is 11.5 Å². The smallest absolute Gasteiger partial charge is 0.325 e. The lowest BCUT2D eigenvalue weighted by Crippen LogP contribution is -2.44. The maximum absolute atomic E-state index is 13.3. The molecule has 1 aliphatic rings. The molecule has 2 N–H and O–H groups in total. The van der Waals surface area contributed by atoms with Crippen LogP contribution >= 0.6 is 0 Å². The molecule has 0 saturated carbocycles. The summed E-state index contributed by atoms with van der Waals surface area (Å²) in [6, 6.07) is 9.47. The van der Waals surface area contributed by atoms with Crippen molar-refractivity contribution >= 4 is 23.5 Å². The maximum Gasteiger partial charge on any atom is 0.325 e. The van der Waals surface area contributed by atoms with Gasteiger partial charge in [0.05, 0.1) is 19.9 Å². The van der Waals surface area contributed by atoms with Crippen molar-refractivity contribution in [1.82, 2.24) is 10.2 Å². The fourth-order valence-electron chi connectivity index (χ4n) is 3.38. The van der Waals surface area contributed by atoms with Crippen molar-refractivity contribution in [3.63, 3.8) is 0 Å². The largest absolute Gasteiger partial charge is 0.497 e. The number of urea groups is 1. The lowest BCUT2D eigenvalue weighted by atomic mass is 9.87. The van der Waals surface area contributed by atoms with E-state index < -0.39 is 35.7 Å². The van der Waals surface area contributed by atoms with Crippen LogP contribution in [-0.2, 0) is 15.1 Å². The van der Waals surface area contributed by atoms with E-state index in [1.54, 1.807) is 25.1 Å². The molecule has 1 heterocycles. The molecule has 1 atom stereocenters. The number of rotatable bonds is 7. The Hall–Kier alpha value is -3.62. The number of methoxy groups -OCH3 is 2. The summed E-state index contributed by atoms with van der Waals surface area (Å²) in [5.41, 5.74) is -0.525. The molecule has 0 spiro atoms. The first kappa shape index (κ1) is 21.1. The van der Waals surface area contributed by atoms with E-state index in [2.05, 4.69) is 10.6 Å². The fraction of sp³-hybridized carbons (Fsp3) is 0.286. The predicted molar refractivity (Wildman–Crippen MR) is 107 cm³/mol. The number of hydrogen-bond acceptors (Lipinski definition) is 5. The number of hydrogen-bond donors (Lipinski definition) is 2. The number of halogens is 1. The number of benzene rings is 2. The van der Waals surface area contributed by atoms with Gasteiger partial charge in [0, 0.05) is 6.07 Å². The third kappa shape index (κ3) is 3.78. The zero-order valence-corrected chi connectivity index (χ0v) is 16.8. The van der Waals surface area contributed by atoms with Crippen molar-refractivity contribution in [2.75, 3.05) is 26.1 Å². The second kappa shape index (κ2) is 8.40. The van der Waals surface area contributed by atoms with Gasteiger partial charge in [-0.25, -0.2) is 9.18 Å². The van der Waals surface area contributed by atoms with E-state index in [9.17, 15) is 18.8 Å². The summed E-state index contributed by atoms with van der Waals surface area (Å²) < 4.78 is 23.6. The number of nitrogens with one attached hydrogen (secondary N) is 2. The monoisotopic (exact) mass is 415 g/mol. The number of carbonyl (C=O) groups excluding carboxylic acids is 3. The van der Waals surface area contributed by atoms with Crippen LogP contribution in [0.15, 0.2) is 42.5 Å².